The van der Waals surface area contributed by atoms with Gasteiger partial charge in [0.05, 0.1) is 12.8 Å². The maximum Gasteiger partial charge on any atom is 0.387 e. The van der Waals surface area contributed by atoms with Crippen molar-refractivity contribution in [1.29, 1.82) is 0 Å². The molecule has 1 aromatic carbocycles. The van der Waals surface area contributed by atoms with Crippen molar-refractivity contribution >= 4 is 5.69 Å². The molecule has 0 aliphatic carbocycles. The van der Waals surface area contributed by atoms with E-state index in [9.17, 15) is 8.78 Å². The van der Waals surface area contributed by atoms with Gasteiger partial charge < -0.3 is 14.8 Å². The van der Waals surface area contributed by atoms with E-state index in [0.29, 0.717) is 18.0 Å². The van der Waals surface area contributed by atoms with Gasteiger partial charge in [-0.15, -0.1) is 0 Å². The van der Waals surface area contributed by atoms with Crippen molar-refractivity contribution in [3.05, 3.63) is 47.8 Å². The lowest BCUT2D eigenvalue weighted by Gasteiger charge is -2.14. The Labute approximate surface area is 121 Å². The standard InChI is InChI=1S/C15H16F2N2O2/c1-10-5-6-18-8-11(10)9-19-13-7-12(20-2)3-4-14(13)21-15(16)17/h3-8,15,19H,9H2,1-2H3. The highest BCUT2D eigenvalue weighted by molar-refractivity contribution is 5.60. The highest BCUT2D eigenvalue weighted by Crippen LogP contribution is 2.30. The number of benzene rings is 1. The zero-order valence-electron chi connectivity index (χ0n) is 11.8. The number of rotatable bonds is 6. The number of aromatic nitrogens is 1. The third-order valence-corrected chi connectivity index (χ3v) is 3.02. The molecule has 0 fully saturated rings. The average Bonchev–Trinajstić information content (AvgIpc) is 2.47. The van der Waals surface area contributed by atoms with Crippen LogP contribution in [0.5, 0.6) is 11.5 Å². The van der Waals surface area contributed by atoms with Gasteiger partial charge >= 0.3 is 6.61 Å². The minimum atomic E-state index is -2.88. The Balaban J connectivity index is 2.18. The van der Waals surface area contributed by atoms with Crippen LogP contribution >= 0.6 is 0 Å². The summed E-state index contributed by atoms with van der Waals surface area (Å²) in [6.07, 6.45) is 3.44. The summed E-state index contributed by atoms with van der Waals surface area (Å²) in [4.78, 5) is 4.05. The summed E-state index contributed by atoms with van der Waals surface area (Å²) in [5.41, 5.74) is 2.48. The summed E-state index contributed by atoms with van der Waals surface area (Å²) in [7, 11) is 1.51. The molecule has 1 heterocycles. The topological polar surface area (TPSA) is 43.4 Å². The highest BCUT2D eigenvalue weighted by atomic mass is 19.3. The van der Waals surface area contributed by atoms with Crippen molar-refractivity contribution in [2.45, 2.75) is 20.1 Å². The number of ether oxygens (including phenoxy) is 2. The summed E-state index contributed by atoms with van der Waals surface area (Å²) in [5, 5.41) is 3.07. The van der Waals surface area contributed by atoms with E-state index in [1.807, 2.05) is 13.0 Å². The van der Waals surface area contributed by atoms with E-state index in [4.69, 9.17) is 4.74 Å². The van der Waals surface area contributed by atoms with Crippen LogP contribution in [0.15, 0.2) is 36.7 Å². The molecule has 1 aromatic heterocycles. The molecule has 0 aliphatic rings. The zero-order valence-corrected chi connectivity index (χ0v) is 11.8. The van der Waals surface area contributed by atoms with Crippen LogP contribution in [0.2, 0.25) is 0 Å². The van der Waals surface area contributed by atoms with Gasteiger partial charge in [0, 0.05) is 25.0 Å². The number of halogens is 2. The van der Waals surface area contributed by atoms with Crippen LogP contribution in [0.3, 0.4) is 0 Å². The van der Waals surface area contributed by atoms with Gasteiger partial charge in [-0.2, -0.15) is 8.78 Å². The lowest BCUT2D eigenvalue weighted by atomic mass is 10.1. The van der Waals surface area contributed by atoms with Crippen molar-refractivity contribution in [3.63, 3.8) is 0 Å². The maximum atomic E-state index is 12.4. The molecule has 21 heavy (non-hydrogen) atoms. The van der Waals surface area contributed by atoms with E-state index in [2.05, 4.69) is 15.0 Å². The molecule has 0 amide bonds. The van der Waals surface area contributed by atoms with Crippen LogP contribution in [-0.4, -0.2) is 18.7 Å². The minimum absolute atomic E-state index is 0.0762. The van der Waals surface area contributed by atoms with Gasteiger partial charge in [0.15, 0.2) is 0 Å². The highest BCUT2D eigenvalue weighted by Gasteiger charge is 2.11. The fraction of sp³-hybridized carbons (Fsp3) is 0.267. The maximum absolute atomic E-state index is 12.4. The van der Waals surface area contributed by atoms with E-state index < -0.39 is 6.61 Å². The first-order valence-corrected chi connectivity index (χ1v) is 6.36. The third-order valence-electron chi connectivity index (χ3n) is 3.02. The molecule has 0 spiro atoms. The first kappa shape index (κ1) is 15.0. The van der Waals surface area contributed by atoms with Crippen molar-refractivity contribution in [2.75, 3.05) is 12.4 Å². The fourth-order valence-corrected chi connectivity index (χ4v) is 1.85. The Bertz CT molecular complexity index is 606. The quantitative estimate of drug-likeness (QED) is 0.884. The summed E-state index contributed by atoms with van der Waals surface area (Å²) in [6.45, 7) is -0.466. The summed E-state index contributed by atoms with van der Waals surface area (Å²) >= 11 is 0. The number of nitrogens with zero attached hydrogens (tertiary/aromatic N) is 1. The van der Waals surface area contributed by atoms with E-state index in [1.165, 1.54) is 13.2 Å². The second-order valence-electron chi connectivity index (χ2n) is 4.40. The number of aryl methyl sites for hydroxylation is 1. The van der Waals surface area contributed by atoms with Crippen LogP contribution in [0.4, 0.5) is 14.5 Å². The molecular formula is C15H16F2N2O2. The molecule has 0 saturated carbocycles. The molecule has 6 heteroatoms. The summed E-state index contributed by atoms with van der Waals surface area (Å²) in [6, 6.07) is 6.52. The van der Waals surface area contributed by atoms with Gasteiger partial charge in [0.25, 0.3) is 0 Å². The summed E-state index contributed by atoms with van der Waals surface area (Å²) < 4.78 is 34.4. The van der Waals surface area contributed by atoms with Crippen molar-refractivity contribution in [3.8, 4) is 11.5 Å². The molecule has 1 N–H and O–H groups in total. The Kier molecular flexibility index (Phi) is 4.92. The average molecular weight is 294 g/mol. The number of pyridine rings is 1. The van der Waals surface area contributed by atoms with E-state index in [-0.39, 0.29) is 5.75 Å². The number of hydrogen-bond acceptors (Lipinski definition) is 4. The third kappa shape index (κ3) is 4.05. The van der Waals surface area contributed by atoms with Gasteiger partial charge in [-0.25, -0.2) is 0 Å². The van der Waals surface area contributed by atoms with E-state index in [1.54, 1.807) is 24.5 Å². The number of nitrogens with one attached hydrogen (secondary N) is 1. The molecule has 0 bridgehead atoms. The molecule has 0 radical (unpaired) electrons. The fourth-order valence-electron chi connectivity index (χ4n) is 1.85. The Morgan fingerprint density at radius 2 is 2.10 bits per heavy atom. The SMILES string of the molecule is COc1ccc(OC(F)F)c(NCc2cnccc2C)c1. The lowest BCUT2D eigenvalue weighted by Crippen LogP contribution is -2.07. The first-order chi connectivity index (χ1) is 10.1. The first-order valence-electron chi connectivity index (χ1n) is 6.36. The molecule has 4 nitrogen and oxygen atoms in total. The Morgan fingerprint density at radius 3 is 2.76 bits per heavy atom. The molecule has 112 valence electrons. The number of methoxy groups -OCH3 is 1. The number of alkyl halides is 2. The Hall–Kier alpha value is -2.37. The predicted molar refractivity (Wildman–Crippen MR) is 75.9 cm³/mol. The smallest absolute Gasteiger partial charge is 0.387 e. The van der Waals surface area contributed by atoms with Crippen molar-refractivity contribution < 1.29 is 18.3 Å². The normalized spacial score (nSPS) is 10.5. The number of anilines is 1. The van der Waals surface area contributed by atoms with Gasteiger partial charge in [-0.05, 0) is 36.2 Å². The molecule has 2 aromatic rings. The lowest BCUT2D eigenvalue weighted by molar-refractivity contribution is -0.0494. The molecular weight excluding hydrogens is 278 g/mol. The molecule has 2 rings (SSSR count). The van der Waals surface area contributed by atoms with Gasteiger partial charge in [-0.3, -0.25) is 4.98 Å². The Morgan fingerprint density at radius 1 is 1.29 bits per heavy atom. The second kappa shape index (κ2) is 6.88. The van der Waals surface area contributed by atoms with Crippen LogP contribution in [0.1, 0.15) is 11.1 Å². The van der Waals surface area contributed by atoms with Gasteiger partial charge in [0.2, 0.25) is 0 Å². The molecule has 0 aliphatic heterocycles. The molecule has 0 saturated heterocycles. The van der Waals surface area contributed by atoms with Crippen molar-refractivity contribution in [1.82, 2.24) is 4.98 Å². The van der Waals surface area contributed by atoms with Gasteiger partial charge in [-0.1, -0.05) is 0 Å². The minimum Gasteiger partial charge on any atom is -0.497 e. The largest absolute Gasteiger partial charge is 0.497 e. The second-order valence-corrected chi connectivity index (χ2v) is 4.40. The number of hydrogen-bond donors (Lipinski definition) is 1. The van der Waals surface area contributed by atoms with Crippen LogP contribution in [-0.2, 0) is 6.54 Å². The van der Waals surface area contributed by atoms with Gasteiger partial charge in [0.1, 0.15) is 11.5 Å². The van der Waals surface area contributed by atoms with E-state index >= 15 is 0 Å². The van der Waals surface area contributed by atoms with Crippen LogP contribution < -0.4 is 14.8 Å². The van der Waals surface area contributed by atoms with Crippen LogP contribution in [0, 0.1) is 6.92 Å². The monoisotopic (exact) mass is 294 g/mol. The van der Waals surface area contributed by atoms with Crippen LogP contribution in [0.25, 0.3) is 0 Å². The van der Waals surface area contributed by atoms with E-state index in [0.717, 1.165) is 11.1 Å². The molecule has 0 unspecified atom stereocenters. The zero-order chi connectivity index (χ0) is 15.2. The molecule has 0 atom stereocenters. The van der Waals surface area contributed by atoms with Crippen molar-refractivity contribution in [2.24, 2.45) is 0 Å². The summed E-state index contributed by atoms with van der Waals surface area (Å²) in [5.74, 6) is 0.634. The predicted octanol–water partition coefficient (Wildman–Crippen LogP) is 3.61.